The molecule has 0 atom stereocenters. The predicted octanol–water partition coefficient (Wildman–Crippen LogP) is 4.50. The van der Waals surface area contributed by atoms with Gasteiger partial charge in [0.05, 0.1) is 0 Å². The van der Waals surface area contributed by atoms with Crippen molar-refractivity contribution < 1.29 is 4.42 Å². The lowest BCUT2D eigenvalue weighted by Crippen LogP contribution is -2.02. The molecule has 1 fully saturated rings. The van der Waals surface area contributed by atoms with Gasteiger partial charge in [0, 0.05) is 11.1 Å². The molecule has 1 saturated carbocycles. The van der Waals surface area contributed by atoms with E-state index in [1.54, 1.807) is 6.33 Å². The number of hydrogen-bond acceptors (Lipinski definition) is 5. The highest BCUT2D eigenvalue weighted by atomic mass is 16.3. The maximum Gasteiger partial charge on any atom is 0.197 e. The number of benzene rings is 1. The van der Waals surface area contributed by atoms with E-state index in [9.17, 15) is 0 Å². The van der Waals surface area contributed by atoms with Crippen molar-refractivity contribution in [3.8, 4) is 0 Å². The van der Waals surface area contributed by atoms with Crippen molar-refractivity contribution in [3.63, 3.8) is 0 Å². The number of rotatable bonds is 2. The Morgan fingerprint density at radius 3 is 2.68 bits per heavy atom. The van der Waals surface area contributed by atoms with Gasteiger partial charge in [-0.1, -0.05) is 25.0 Å². The smallest absolute Gasteiger partial charge is 0.197 e. The highest BCUT2D eigenvalue weighted by molar-refractivity contribution is 6.05. The fraction of sp³-hybridized carbons (Fsp3) is 0.353. The molecule has 3 aromatic rings. The van der Waals surface area contributed by atoms with Crippen LogP contribution < -0.4 is 5.43 Å². The summed E-state index contributed by atoms with van der Waals surface area (Å²) in [4.78, 5) is 8.63. The first kappa shape index (κ1) is 13.2. The molecule has 1 aliphatic rings. The van der Waals surface area contributed by atoms with Crippen molar-refractivity contribution >= 4 is 33.6 Å². The van der Waals surface area contributed by atoms with Crippen molar-refractivity contribution in [1.29, 1.82) is 0 Å². The molecule has 4 rings (SSSR count). The van der Waals surface area contributed by atoms with Crippen LogP contribution in [0.25, 0.3) is 22.1 Å². The van der Waals surface area contributed by atoms with Crippen molar-refractivity contribution in [3.05, 3.63) is 30.6 Å². The highest BCUT2D eigenvalue weighted by Gasteiger charge is 2.13. The van der Waals surface area contributed by atoms with E-state index in [-0.39, 0.29) is 0 Å². The van der Waals surface area contributed by atoms with Gasteiger partial charge in [-0.05, 0) is 37.8 Å². The van der Waals surface area contributed by atoms with E-state index >= 15 is 0 Å². The summed E-state index contributed by atoms with van der Waals surface area (Å²) in [5, 5.41) is 5.55. The molecular weight excluding hydrogens is 276 g/mol. The van der Waals surface area contributed by atoms with Gasteiger partial charge in [0.25, 0.3) is 0 Å². The molecule has 0 bridgehead atoms. The summed E-state index contributed by atoms with van der Waals surface area (Å²) in [6.07, 6.45) is 8.76. The van der Waals surface area contributed by atoms with E-state index in [4.69, 9.17) is 4.42 Å². The van der Waals surface area contributed by atoms with Crippen molar-refractivity contribution in [1.82, 2.24) is 9.97 Å². The van der Waals surface area contributed by atoms with Gasteiger partial charge in [-0.2, -0.15) is 5.10 Å². The third-order valence-electron chi connectivity index (χ3n) is 4.16. The third kappa shape index (κ3) is 2.43. The molecule has 2 heterocycles. The summed E-state index contributed by atoms with van der Waals surface area (Å²) < 4.78 is 5.89. The Balaban J connectivity index is 1.70. The molecule has 1 aliphatic carbocycles. The second kappa shape index (κ2) is 5.75. The summed E-state index contributed by atoms with van der Waals surface area (Å²) in [5.41, 5.74) is 6.63. The Bertz CT molecular complexity index is 827. The van der Waals surface area contributed by atoms with Crippen LogP contribution in [0, 0.1) is 0 Å². The van der Waals surface area contributed by atoms with Crippen LogP contribution in [-0.2, 0) is 0 Å². The second-order valence-corrected chi connectivity index (χ2v) is 5.70. The Morgan fingerprint density at radius 2 is 1.82 bits per heavy atom. The number of fused-ring (bicyclic) bond motifs is 3. The van der Waals surface area contributed by atoms with Crippen LogP contribution in [0.15, 0.2) is 40.1 Å². The quantitative estimate of drug-likeness (QED) is 0.558. The van der Waals surface area contributed by atoms with Crippen LogP contribution in [-0.4, -0.2) is 15.7 Å². The van der Waals surface area contributed by atoms with Gasteiger partial charge in [0.1, 0.15) is 17.4 Å². The van der Waals surface area contributed by atoms with Crippen LogP contribution in [0.1, 0.15) is 38.5 Å². The largest absolute Gasteiger partial charge is 0.450 e. The van der Waals surface area contributed by atoms with Crippen molar-refractivity contribution in [2.24, 2.45) is 5.10 Å². The summed E-state index contributed by atoms with van der Waals surface area (Å²) in [6, 6.07) is 7.89. The van der Waals surface area contributed by atoms with Crippen LogP contribution in [0.2, 0.25) is 0 Å². The second-order valence-electron chi connectivity index (χ2n) is 5.70. The van der Waals surface area contributed by atoms with Gasteiger partial charge >= 0.3 is 0 Å². The van der Waals surface area contributed by atoms with Gasteiger partial charge in [-0.15, -0.1) is 0 Å². The highest BCUT2D eigenvalue weighted by Crippen LogP contribution is 2.30. The first-order chi connectivity index (χ1) is 10.9. The number of nitrogens with one attached hydrogen (secondary N) is 1. The van der Waals surface area contributed by atoms with E-state index in [0.717, 1.165) is 29.3 Å². The fourth-order valence-corrected chi connectivity index (χ4v) is 2.98. The molecular formula is C17H18N4O. The first-order valence-electron chi connectivity index (χ1n) is 7.85. The number of hydrazone groups is 1. The van der Waals surface area contributed by atoms with Gasteiger partial charge in [-0.25, -0.2) is 9.97 Å². The third-order valence-corrected chi connectivity index (χ3v) is 4.16. The molecule has 0 aliphatic heterocycles. The molecule has 0 unspecified atom stereocenters. The number of nitrogens with zero attached hydrogens (tertiary/aromatic N) is 3. The number of para-hydroxylation sites is 1. The summed E-state index contributed by atoms with van der Waals surface area (Å²) in [5.74, 6) is 0.637. The van der Waals surface area contributed by atoms with E-state index in [2.05, 4.69) is 20.5 Å². The standard InChI is InChI=1S/C17H18N4O/c1-2-4-8-12(7-3-1)20-21-17-16-15(18-11-19-17)13-9-5-6-10-14(13)22-16/h5-6,9-11H,1-4,7-8H2,(H,18,19,21). The molecule has 0 spiro atoms. The van der Waals surface area contributed by atoms with Gasteiger partial charge in [0.2, 0.25) is 0 Å². The van der Waals surface area contributed by atoms with Crippen molar-refractivity contribution in [2.75, 3.05) is 5.43 Å². The molecule has 0 saturated heterocycles. The van der Waals surface area contributed by atoms with E-state index in [1.807, 2.05) is 24.3 Å². The topological polar surface area (TPSA) is 63.3 Å². The van der Waals surface area contributed by atoms with Crippen LogP contribution in [0.3, 0.4) is 0 Å². The zero-order chi connectivity index (χ0) is 14.8. The maximum atomic E-state index is 5.89. The fourth-order valence-electron chi connectivity index (χ4n) is 2.98. The average molecular weight is 294 g/mol. The molecule has 5 nitrogen and oxygen atoms in total. The lowest BCUT2D eigenvalue weighted by molar-refractivity contribution is 0.666. The lowest BCUT2D eigenvalue weighted by Gasteiger charge is -2.03. The summed E-state index contributed by atoms with van der Waals surface area (Å²) in [6.45, 7) is 0. The van der Waals surface area contributed by atoms with Gasteiger partial charge < -0.3 is 4.42 Å². The minimum Gasteiger partial charge on any atom is -0.450 e. The Kier molecular flexibility index (Phi) is 3.46. The minimum absolute atomic E-state index is 0.637. The monoisotopic (exact) mass is 294 g/mol. The first-order valence-corrected chi connectivity index (χ1v) is 7.85. The van der Waals surface area contributed by atoms with Gasteiger partial charge in [0.15, 0.2) is 11.4 Å². The zero-order valence-corrected chi connectivity index (χ0v) is 12.4. The Morgan fingerprint density at radius 1 is 1.00 bits per heavy atom. The SMILES string of the molecule is c1ccc2c(c1)oc1c(NN=C3CCCCCC3)ncnc12. The molecule has 5 heteroatoms. The number of aromatic nitrogens is 2. The molecule has 0 radical (unpaired) electrons. The van der Waals surface area contributed by atoms with E-state index in [1.165, 1.54) is 31.4 Å². The van der Waals surface area contributed by atoms with E-state index in [0.29, 0.717) is 11.4 Å². The van der Waals surface area contributed by atoms with Gasteiger partial charge in [-0.3, -0.25) is 5.43 Å². The molecule has 112 valence electrons. The average Bonchev–Trinajstić information content (AvgIpc) is 2.75. The Hall–Kier alpha value is -2.43. The van der Waals surface area contributed by atoms with Crippen LogP contribution >= 0.6 is 0 Å². The number of furan rings is 1. The van der Waals surface area contributed by atoms with Crippen LogP contribution in [0.5, 0.6) is 0 Å². The van der Waals surface area contributed by atoms with Crippen LogP contribution in [0.4, 0.5) is 5.82 Å². The normalized spacial score (nSPS) is 15.9. The maximum absolute atomic E-state index is 5.89. The summed E-state index contributed by atoms with van der Waals surface area (Å²) in [7, 11) is 0. The van der Waals surface area contributed by atoms with E-state index < -0.39 is 0 Å². The number of hydrogen-bond donors (Lipinski definition) is 1. The molecule has 22 heavy (non-hydrogen) atoms. The predicted molar refractivity (Wildman–Crippen MR) is 88.1 cm³/mol. The number of anilines is 1. The lowest BCUT2D eigenvalue weighted by atomic mass is 10.2. The molecule has 1 aromatic carbocycles. The van der Waals surface area contributed by atoms with Crippen molar-refractivity contribution in [2.45, 2.75) is 38.5 Å². The zero-order valence-electron chi connectivity index (χ0n) is 12.4. The Labute approximate surface area is 128 Å². The molecule has 1 N–H and O–H groups in total. The summed E-state index contributed by atoms with van der Waals surface area (Å²) >= 11 is 0. The molecule has 2 aromatic heterocycles. The minimum atomic E-state index is 0.637. The molecule has 0 amide bonds.